The van der Waals surface area contributed by atoms with Gasteiger partial charge in [0.1, 0.15) is 17.8 Å². The van der Waals surface area contributed by atoms with Gasteiger partial charge in [-0.25, -0.2) is 10.0 Å². The number of hydrogen-bond acceptors (Lipinski definition) is 3. The molecule has 0 spiro atoms. The summed E-state index contributed by atoms with van der Waals surface area (Å²) in [6.07, 6.45) is 4.28. The Kier molecular flexibility index (Phi) is 6.35. The van der Waals surface area contributed by atoms with E-state index < -0.39 is 0 Å². The number of halogens is 2. The van der Waals surface area contributed by atoms with Crippen molar-refractivity contribution in [2.75, 3.05) is 13.1 Å². The summed E-state index contributed by atoms with van der Waals surface area (Å²) in [7, 11) is 0. The number of benzene rings is 2. The maximum absolute atomic E-state index is 6.06. The molecule has 1 saturated heterocycles. The fraction of sp³-hybridized carbons (Fsp3) is 0.316. The van der Waals surface area contributed by atoms with Crippen LogP contribution in [0.2, 0.25) is 0 Å². The lowest BCUT2D eigenvalue weighted by Crippen LogP contribution is -2.33. The molecule has 2 aromatic rings. The molecule has 0 amide bonds. The molecule has 1 fully saturated rings. The van der Waals surface area contributed by atoms with Gasteiger partial charge in [-0.2, -0.15) is 0 Å². The number of hydrogen-bond donors (Lipinski definition) is 1. The van der Waals surface area contributed by atoms with Crippen LogP contribution >= 0.6 is 38.5 Å². The van der Waals surface area contributed by atoms with E-state index in [0.717, 1.165) is 49.4 Å². The van der Waals surface area contributed by atoms with E-state index in [2.05, 4.69) is 66.9 Å². The highest BCUT2D eigenvalue weighted by Gasteiger charge is 2.10. The molecule has 0 aliphatic carbocycles. The molecule has 0 atom stereocenters. The molecule has 1 aliphatic heterocycles. The highest BCUT2D eigenvalue weighted by atomic mass is 127. The third-order valence-electron chi connectivity index (χ3n) is 4.16. The number of aliphatic imine (C=N–C) groups is 1. The topological polar surface area (TPSA) is 36.9 Å². The van der Waals surface area contributed by atoms with Gasteiger partial charge in [0.05, 0.1) is 5.69 Å². The Labute approximate surface area is 170 Å². The number of rotatable bonds is 5. The fourth-order valence-corrected chi connectivity index (χ4v) is 3.41. The molecule has 6 heteroatoms. The zero-order chi connectivity index (χ0) is 17.8. The van der Waals surface area contributed by atoms with E-state index in [1.54, 1.807) is 6.34 Å². The number of hydrazine groups is 1. The van der Waals surface area contributed by atoms with Crippen LogP contribution in [0, 0.1) is 17.4 Å². The molecule has 0 radical (unpaired) electrons. The highest BCUT2D eigenvalue weighted by molar-refractivity contribution is 14.1. The largest absolute Gasteiger partial charge is 0.457 e. The Morgan fingerprint density at radius 1 is 1.16 bits per heavy atom. The molecular weight excluding hydrogens is 493 g/mol. The first-order chi connectivity index (χ1) is 12.0. The van der Waals surface area contributed by atoms with Crippen LogP contribution in [0.4, 0.5) is 5.69 Å². The normalized spacial score (nSPS) is 15.0. The van der Waals surface area contributed by atoms with Crippen molar-refractivity contribution < 1.29 is 4.74 Å². The number of nitrogens with zero attached hydrogens (tertiary/aromatic N) is 2. The van der Waals surface area contributed by atoms with E-state index in [0.29, 0.717) is 0 Å². The van der Waals surface area contributed by atoms with E-state index in [4.69, 9.17) is 4.74 Å². The predicted octanol–water partition coefficient (Wildman–Crippen LogP) is 5.72. The molecule has 4 nitrogen and oxygen atoms in total. The maximum Gasteiger partial charge on any atom is 0.130 e. The lowest BCUT2D eigenvalue weighted by molar-refractivity contribution is 0.300. The first kappa shape index (κ1) is 18.7. The summed E-state index contributed by atoms with van der Waals surface area (Å²) in [5, 5.41) is 2.19. The lowest BCUT2D eigenvalue weighted by Gasteiger charge is -2.14. The van der Waals surface area contributed by atoms with Gasteiger partial charge in [0.2, 0.25) is 0 Å². The van der Waals surface area contributed by atoms with Crippen molar-refractivity contribution in [2.45, 2.75) is 26.7 Å². The van der Waals surface area contributed by atoms with Crippen LogP contribution in [-0.2, 0) is 0 Å². The van der Waals surface area contributed by atoms with Gasteiger partial charge < -0.3 is 10.2 Å². The van der Waals surface area contributed by atoms with Crippen LogP contribution in [0.1, 0.15) is 24.0 Å². The molecule has 0 unspecified atom stereocenters. The molecule has 132 valence electrons. The molecule has 1 aliphatic rings. The van der Waals surface area contributed by atoms with Crippen LogP contribution in [0.5, 0.6) is 11.5 Å². The van der Waals surface area contributed by atoms with Crippen LogP contribution in [-0.4, -0.2) is 24.4 Å². The van der Waals surface area contributed by atoms with E-state index in [1.165, 1.54) is 12.8 Å². The predicted molar refractivity (Wildman–Crippen MR) is 115 cm³/mol. The third-order valence-corrected chi connectivity index (χ3v) is 6.50. The molecule has 0 bridgehead atoms. The van der Waals surface area contributed by atoms with Crippen molar-refractivity contribution in [1.82, 2.24) is 10.4 Å². The summed E-state index contributed by atoms with van der Waals surface area (Å²) in [5.74, 6) is 1.68. The monoisotopic (exact) mass is 513 g/mol. The zero-order valence-electron chi connectivity index (χ0n) is 14.4. The molecule has 1 heterocycles. The maximum atomic E-state index is 6.06. The highest BCUT2D eigenvalue weighted by Crippen LogP contribution is 2.33. The van der Waals surface area contributed by atoms with Crippen LogP contribution < -0.4 is 10.2 Å². The van der Waals surface area contributed by atoms with Gasteiger partial charge in [-0.15, -0.1) is 0 Å². The summed E-state index contributed by atoms with van der Waals surface area (Å²) in [6, 6.07) is 10.1. The van der Waals surface area contributed by atoms with E-state index >= 15 is 0 Å². The third kappa shape index (κ3) is 4.95. The molecule has 25 heavy (non-hydrogen) atoms. The lowest BCUT2D eigenvalue weighted by atomic mass is 10.1. The summed E-state index contributed by atoms with van der Waals surface area (Å²) in [4.78, 5) is 4.56. The van der Waals surface area contributed by atoms with Crippen molar-refractivity contribution in [1.29, 1.82) is 0 Å². The van der Waals surface area contributed by atoms with Crippen molar-refractivity contribution in [3.8, 4) is 11.5 Å². The molecular formula is C19H21BrIN3O. The molecule has 3 rings (SSSR count). The van der Waals surface area contributed by atoms with Crippen LogP contribution in [0.25, 0.3) is 0 Å². The number of nitrogens with one attached hydrogen (secondary N) is 1. The van der Waals surface area contributed by atoms with Gasteiger partial charge in [-0.1, -0.05) is 0 Å². The minimum absolute atomic E-state index is 0.821. The molecule has 0 aromatic heterocycles. The summed E-state index contributed by atoms with van der Waals surface area (Å²) in [6.45, 7) is 6.27. The number of aryl methyl sites for hydroxylation is 2. The minimum Gasteiger partial charge on any atom is -0.457 e. The molecule has 2 aromatic carbocycles. The zero-order valence-corrected chi connectivity index (χ0v) is 18.1. The van der Waals surface area contributed by atoms with Crippen molar-refractivity contribution in [3.63, 3.8) is 0 Å². The average molecular weight is 514 g/mol. The smallest absolute Gasteiger partial charge is 0.130 e. The Balaban J connectivity index is 1.72. The van der Waals surface area contributed by atoms with Gasteiger partial charge >= 0.3 is 0 Å². The summed E-state index contributed by atoms with van der Waals surface area (Å²) < 4.78 is 8.25. The van der Waals surface area contributed by atoms with Gasteiger partial charge in [0.25, 0.3) is 0 Å². The van der Waals surface area contributed by atoms with Gasteiger partial charge in [0, 0.05) is 21.1 Å². The Hall–Kier alpha value is -1.12. The standard InChI is InChI=1S/C19H21BrIN3O/c1-13-10-19(25-15-5-6-17(21)16(20)11-15)14(2)9-18(13)22-12-23-24-7-3-4-8-24/h5-6,9-12H,3-4,7-8H2,1-2H3,(H,22,23). The quantitative estimate of drug-likeness (QED) is 0.315. The number of ether oxygens (including phenoxy) is 1. The molecule has 1 N–H and O–H groups in total. The fourth-order valence-electron chi connectivity index (χ4n) is 2.72. The van der Waals surface area contributed by atoms with Crippen molar-refractivity contribution in [2.24, 2.45) is 4.99 Å². The SMILES string of the molecule is Cc1cc(Oc2ccc(I)c(Br)c2)c(C)cc1/N=C/NN1CCCC1. The first-order valence-electron chi connectivity index (χ1n) is 8.31. The first-order valence-corrected chi connectivity index (χ1v) is 10.2. The van der Waals surface area contributed by atoms with Crippen molar-refractivity contribution in [3.05, 3.63) is 49.5 Å². The summed E-state index contributed by atoms with van der Waals surface area (Å²) >= 11 is 5.83. The van der Waals surface area contributed by atoms with Crippen LogP contribution in [0.15, 0.2) is 39.8 Å². The Morgan fingerprint density at radius 3 is 2.64 bits per heavy atom. The van der Waals surface area contributed by atoms with Gasteiger partial charge in [-0.05, 0) is 107 Å². The van der Waals surface area contributed by atoms with E-state index in [1.807, 2.05) is 31.2 Å². The van der Waals surface area contributed by atoms with Crippen LogP contribution in [0.3, 0.4) is 0 Å². The second-order valence-corrected chi connectivity index (χ2v) is 8.18. The van der Waals surface area contributed by atoms with E-state index in [9.17, 15) is 0 Å². The average Bonchev–Trinajstić information content (AvgIpc) is 3.09. The van der Waals surface area contributed by atoms with Gasteiger partial charge in [-0.3, -0.25) is 0 Å². The minimum atomic E-state index is 0.821. The second-order valence-electron chi connectivity index (χ2n) is 6.16. The van der Waals surface area contributed by atoms with Gasteiger partial charge in [0.15, 0.2) is 0 Å². The Bertz CT molecular complexity index is 788. The Morgan fingerprint density at radius 2 is 1.92 bits per heavy atom. The van der Waals surface area contributed by atoms with E-state index in [-0.39, 0.29) is 0 Å². The summed E-state index contributed by atoms with van der Waals surface area (Å²) in [5.41, 5.74) is 6.36. The molecule has 0 saturated carbocycles. The second kappa shape index (κ2) is 8.51. The van der Waals surface area contributed by atoms with Crippen molar-refractivity contribution >= 4 is 50.5 Å².